The van der Waals surface area contributed by atoms with Gasteiger partial charge in [0, 0.05) is 11.6 Å². The summed E-state index contributed by atoms with van der Waals surface area (Å²) in [5, 5.41) is 14.9. The summed E-state index contributed by atoms with van der Waals surface area (Å²) in [5.41, 5.74) is -0.254. The second-order valence-electron chi connectivity index (χ2n) is 4.17. The molecule has 16 heavy (non-hydrogen) atoms. The molecule has 88 valence electrons. The quantitative estimate of drug-likeness (QED) is 0.766. The second kappa shape index (κ2) is 4.78. The minimum Gasteiger partial charge on any atom is -0.481 e. The van der Waals surface area contributed by atoms with Crippen LogP contribution < -0.4 is 5.32 Å². The SMILES string of the molecule is CC(C)(CC(=O)O)NC(=O)Cc1ccon1. The van der Waals surface area contributed by atoms with Gasteiger partial charge < -0.3 is 14.9 Å². The van der Waals surface area contributed by atoms with Gasteiger partial charge in [0.05, 0.1) is 18.5 Å². The predicted octanol–water partition coefficient (Wildman–Crippen LogP) is 0.587. The van der Waals surface area contributed by atoms with Gasteiger partial charge in [-0.05, 0) is 13.8 Å². The topological polar surface area (TPSA) is 92.4 Å². The molecule has 0 atom stereocenters. The average molecular weight is 226 g/mol. The van der Waals surface area contributed by atoms with Crippen molar-refractivity contribution in [3.05, 3.63) is 18.0 Å². The Labute approximate surface area is 92.6 Å². The van der Waals surface area contributed by atoms with Crippen LogP contribution in [0.15, 0.2) is 16.9 Å². The Bertz CT molecular complexity index is 370. The maximum Gasteiger partial charge on any atom is 0.305 e. The molecule has 1 aromatic rings. The third-order valence-electron chi connectivity index (χ3n) is 1.90. The van der Waals surface area contributed by atoms with Crippen molar-refractivity contribution >= 4 is 11.9 Å². The van der Waals surface area contributed by atoms with E-state index >= 15 is 0 Å². The Balaban J connectivity index is 2.47. The number of amides is 1. The maximum atomic E-state index is 11.5. The van der Waals surface area contributed by atoms with Crippen molar-refractivity contribution in [3.8, 4) is 0 Å². The number of hydrogen-bond acceptors (Lipinski definition) is 4. The Kier molecular flexibility index (Phi) is 3.65. The van der Waals surface area contributed by atoms with Crippen LogP contribution in [0.5, 0.6) is 0 Å². The Morgan fingerprint density at radius 1 is 1.56 bits per heavy atom. The molecule has 1 rings (SSSR count). The van der Waals surface area contributed by atoms with Crippen LogP contribution in [0.4, 0.5) is 0 Å². The van der Waals surface area contributed by atoms with E-state index in [1.807, 2.05) is 0 Å². The molecule has 0 bridgehead atoms. The van der Waals surface area contributed by atoms with Crippen molar-refractivity contribution in [1.29, 1.82) is 0 Å². The van der Waals surface area contributed by atoms with Crippen LogP contribution >= 0.6 is 0 Å². The van der Waals surface area contributed by atoms with Gasteiger partial charge >= 0.3 is 5.97 Å². The molecular weight excluding hydrogens is 212 g/mol. The zero-order valence-corrected chi connectivity index (χ0v) is 9.19. The van der Waals surface area contributed by atoms with E-state index in [0.29, 0.717) is 5.69 Å². The number of aromatic nitrogens is 1. The van der Waals surface area contributed by atoms with Gasteiger partial charge in [-0.15, -0.1) is 0 Å². The molecule has 0 spiro atoms. The summed E-state index contributed by atoms with van der Waals surface area (Å²) in [6, 6.07) is 1.59. The van der Waals surface area contributed by atoms with E-state index < -0.39 is 11.5 Å². The van der Waals surface area contributed by atoms with Gasteiger partial charge in [-0.1, -0.05) is 5.16 Å². The van der Waals surface area contributed by atoms with Crippen molar-refractivity contribution in [2.24, 2.45) is 0 Å². The first-order chi connectivity index (χ1) is 7.39. The number of carboxylic acid groups (broad SMARTS) is 1. The summed E-state index contributed by atoms with van der Waals surface area (Å²) >= 11 is 0. The van der Waals surface area contributed by atoms with Gasteiger partial charge in [-0.3, -0.25) is 9.59 Å². The van der Waals surface area contributed by atoms with Gasteiger partial charge in [0.15, 0.2) is 0 Å². The Hall–Kier alpha value is -1.85. The molecule has 1 amide bonds. The van der Waals surface area contributed by atoms with E-state index in [0.717, 1.165) is 0 Å². The molecule has 0 aromatic carbocycles. The molecule has 0 saturated carbocycles. The van der Waals surface area contributed by atoms with Gasteiger partial charge in [-0.2, -0.15) is 0 Å². The van der Waals surface area contributed by atoms with Crippen molar-refractivity contribution in [2.75, 3.05) is 0 Å². The fraction of sp³-hybridized carbons (Fsp3) is 0.500. The Morgan fingerprint density at radius 2 is 2.25 bits per heavy atom. The fourth-order valence-corrected chi connectivity index (χ4v) is 1.34. The van der Waals surface area contributed by atoms with Crippen molar-refractivity contribution in [3.63, 3.8) is 0 Å². The highest BCUT2D eigenvalue weighted by Gasteiger charge is 2.23. The van der Waals surface area contributed by atoms with Crippen LogP contribution in [0.3, 0.4) is 0 Å². The lowest BCUT2D eigenvalue weighted by Crippen LogP contribution is -2.45. The molecule has 0 saturated heterocycles. The van der Waals surface area contributed by atoms with E-state index in [1.165, 1.54) is 6.26 Å². The first-order valence-corrected chi connectivity index (χ1v) is 4.81. The zero-order chi connectivity index (χ0) is 12.2. The number of carbonyl (C=O) groups excluding carboxylic acids is 1. The minimum absolute atomic E-state index is 0.0829. The van der Waals surface area contributed by atoms with Crippen LogP contribution in [-0.2, 0) is 16.0 Å². The fourth-order valence-electron chi connectivity index (χ4n) is 1.34. The third-order valence-corrected chi connectivity index (χ3v) is 1.90. The van der Waals surface area contributed by atoms with Crippen molar-refractivity contribution < 1.29 is 19.2 Å². The number of nitrogens with one attached hydrogen (secondary N) is 1. The molecule has 6 nitrogen and oxygen atoms in total. The highest BCUT2D eigenvalue weighted by atomic mass is 16.5. The van der Waals surface area contributed by atoms with Crippen LogP contribution in [0, 0.1) is 0 Å². The first-order valence-electron chi connectivity index (χ1n) is 4.81. The highest BCUT2D eigenvalue weighted by molar-refractivity contribution is 5.79. The standard InChI is InChI=1S/C10H14N2O4/c1-10(2,6-9(14)15)11-8(13)5-7-3-4-16-12-7/h3-4H,5-6H2,1-2H3,(H,11,13)(H,14,15). The molecule has 0 aliphatic carbocycles. The average Bonchev–Trinajstić information content (AvgIpc) is 2.51. The number of rotatable bonds is 5. The summed E-state index contributed by atoms with van der Waals surface area (Å²) in [6.45, 7) is 3.31. The van der Waals surface area contributed by atoms with Crippen LogP contribution in [0.25, 0.3) is 0 Å². The summed E-state index contributed by atoms with van der Waals surface area (Å²) in [4.78, 5) is 22.1. The first kappa shape index (κ1) is 12.2. The molecular formula is C10H14N2O4. The third kappa shape index (κ3) is 4.12. The lowest BCUT2D eigenvalue weighted by molar-refractivity contribution is -0.138. The molecule has 0 aliphatic heterocycles. The van der Waals surface area contributed by atoms with Crippen molar-refractivity contribution in [1.82, 2.24) is 10.5 Å². The number of nitrogens with zero attached hydrogens (tertiary/aromatic N) is 1. The molecule has 6 heteroatoms. The zero-order valence-electron chi connectivity index (χ0n) is 9.19. The van der Waals surface area contributed by atoms with Gasteiger partial charge in [0.2, 0.25) is 5.91 Å². The number of carboxylic acids is 1. The van der Waals surface area contributed by atoms with Gasteiger partial charge in [0.1, 0.15) is 6.26 Å². The van der Waals surface area contributed by atoms with Crippen molar-refractivity contribution in [2.45, 2.75) is 32.2 Å². The van der Waals surface area contributed by atoms with E-state index in [-0.39, 0.29) is 18.7 Å². The smallest absolute Gasteiger partial charge is 0.305 e. The van der Waals surface area contributed by atoms with Crippen LogP contribution in [-0.4, -0.2) is 27.7 Å². The minimum atomic E-state index is -0.952. The molecule has 1 aromatic heterocycles. The molecule has 0 aliphatic rings. The monoisotopic (exact) mass is 226 g/mol. The summed E-state index contributed by atoms with van der Waals surface area (Å²) in [7, 11) is 0. The second-order valence-corrected chi connectivity index (χ2v) is 4.17. The molecule has 0 radical (unpaired) electrons. The summed E-state index contributed by atoms with van der Waals surface area (Å²) < 4.78 is 4.59. The van der Waals surface area contributed by atoms with Gasteiger partial charge in [-0.25, -0.2) is 0 Å². The Morgan fingerprint density at radius 3 is 2.75 bits per heavy atom. The molecule has 0 fully saturated rings. The van der Waals surface area contributed by atoms with E-state index in [9.17, 15) is 9.59 Å². The van der Waals surface area contributed by atoms with E-state index in [4.69, 9.17) is 5.11 Å². The summed E-state index contributed by atoms with van der Waals surface area (Å²) in [6.07, 6.45) is 1.34. The maximum absolute atomic E-state index is 11.5. The lowest BCUT2D eigenvalue weighted by Gasteiger charge is -2.23. The highest BCUT2D eigenvalue weighted by Crippen LogP contribution is 2.08. The van der Waals surface area contributed by atoms with Crippen LogP contribution in [0.1, 0.15) is 26.0 Å². The molecule has 1 heterocycles. The largest absolute Gasteiger partial charge is 0.481 e. The van der Waals surface area contributed by atoms with E-state index in [2.05, 4.69) is 15.0 Å². The van der Waals surface area contributed by atoms with E-state index in [1.54, 1.807) is 19.9 Å². The predicted molar refractivity (Wildman–Crippen MR) is 54.7 cm³/mol. The number of carbonyl (C=O) groups is 2. The lowest BCUT2D eigenvalue weighted by atomic mass is 10.0. The van der Waals surface area contributed by atoms with Crippen LogP contribution in [0.2, 0.25) is 0 Å². The summed E-state index contributed by atoms with van der Waals surface area (Å²) in [5.74, 6) is -1.23. The number of hydrogen-bond donors (Lipinski definition) is 2. The number of aliphatic carboxylic acids is 1. The van der Waals surface area contributed by atoms with Gasteiger partial charge in [0.25, 0.3) is 0 Å². The molecule has 0 unspecified atom stereocenters. The normalized spacial score (nSPS) is 11.1. The molecule has 2 N–H and O–H groups in total.